The molecule has 194 valence electrons. The van der Waals surface area contributed by atoms with Crippen LogP contribution in [0.2, 0.25) is 0 Å². The number of para-hydroxylation sites is 1. The quantitative estimate of drug-likeness (QED) is 0.202. The maximum Gasteiger partial charge on any atom is 0.164 e. The van der Waals surface area contributed by atoms with Crippen LogP contribution in [0.5, 0.6) is 11.5 Å². The van der Waals surface area contributed by atoms with E-state index < -0.39 is 9.84 Å². The number of benzene rings is 3. The van der Waals surface area contributed by atoms with Gasteiger partial charge in [0.15, 0.2) is 9.84 Å². The molecule has 0 saturated heterocycles. The molecule has 0 spiro atoms. The maximum atomic E-state index is 11.5. The molecule has 5 rings (SSSR count). The van der Waals surface area contributed by atoms with Crippen molar-refractivity contribution in [3.8, 4) is 22.1 Å². The lowest BCUT2D eigenvalue weighted by atomic mass is 10.1. The van der Waals surface area contributed by atoms with E-state index in [1.54, 1.807) is 0 Å². The molecule has 0 atom stereocenters. The molecule has 2 heterocycles. The zero-order valence-electron chi connectivity index (χ0n) is 20.4. The van der Waals surface area contributed by atoms with Crippen LogP contribution in [0.25, 0.3) is 21.5 Å². The van der Waals surface area contributed by atoms with Crippen LogP contribution in [-0.2, 0) is 16.4 Å². The number of hydrogen-bond donors (Lipinski definition) is 3. The van der Waals surface area contributed by atoms with Gasteiger partial charge in [-0.3, -0.25) is 0 Å². The highest BCUT2D eigenvalue weighted by molar-refractivity contribution is 7.91. The molecule has 0 aliphatic carbocycles. The zero-order valence-corrected chi connectivity index (χ0v) is 22.0. The molecular formula is C27H26N6O3S2. The number of fused-ring (bicyclic) bond motifs is 1. The van der Waals surface area contributed by atoms with Gasteiger partial charge < -0.3 is 21.1 Å². The smallest absolute Gasteiger partial charge is 0.164 e. The molecule has 2 aromatic heterocycles. The van der Waals surface area contributed by atoms with Gasteiger partial charge in [0, 0.05) is 35.1 Å². The van der Waals surface area contributed by atoms with E-state index >= 15 is 0 Å². The Bertz CT molecular complexity index is 1620. The Morgan fingerprint density at radius 2 is 1.74 bits per heavy atom. The Labute approximate surface area is 224 Å². The molecular weight excluding hydrogens is 520 g/mol. The normalized spacial score (nSPS) is 11.5. The van der Waals surface area contributed by atoms with Crippen molar-refractivity contribution in [1.82, 2.24) is 20.3 Å². The number of nitrogens with one attached hydrogen (secondary N) is 2. The molecule has 5 aromatic rings. The summed E-state index contributed by atoms with van der Waals surface area (Å²) in [6.07, 6.45) is 1.54. The molecule has 3 aromatic carbocycles. The standard InChI is InChI=1S/C27H26N6O3S2/c28-17-38(34,35)13-12-29-15-21-16-37-27(33-21)19-6-11-24-25(14-19)30-18-31-26(24)32-20-7-9-23(10-8-20)36-22-4-2-1-3-5-22/h1-11,14,16,18,29H,12-13,15,17,28H2,(H,30,31,32). The minimum Gasteiger partial charge on any atom is -0.457 e. The zero-order chi connectivity index (χ0) is 26.4. The van der Waals surface area contributed by atoms with Crippen molar-refractivity contribution in [3.05, 3.63) is 90.2 Å². The lowest BCUT2D eigenvalue weighted by Gasteiger charge is -2.10. The van der Waals surface area contributed by atoms with E-state index in [4.69, 9.17) is 10.5 Å². The molecule has 9 nitrogen and oxygen atoms in total. The Kier molecular flexibility index (Phi) is 7.89. The Morgan fingerprint density at radius 1 is 0.947 bits per heavy atom. The first-order valence-electron chi connectivity index (χ1n) is 11.9. The van der Waals surface area contributed by atoms with E-state index in [0.29, 0.717) is 18.9 Å². The third-order valence-electron chi connectivity index (χ3n) is 5.68. The van der Waals surface area contributed by atoms with E-state index in [1.807, 2.05) is 78.2 Å². The molecule has 11 heteroatoms. The summed E-state index contributed by atoms with van der Waals surface area (Å²) in [5, 5.41) is 10.2. The first-order valence-corrected chi connectivity index (χ1v) is 14.6. The van der Waals surface area contributed by atoms with E-state index in [9.17, 15) is 8.42 Å². The Balaban J connectivity index is 1.25. The highest BCUT2D eigenvalue weighted by atomic mass is 32.2. The van der Waals surface area contributed by atoms with Gasteiger partial charge in [-0.15, -0.1) is 11.3 Å². The topological polar surface area (TPSA) is 132 Å². The van der Waals surface area contributed by atoms with Gasteiger partial charge in [0.1, 0.15) is 28.7 Å². The third kappa shape index (κ3) is 6.50. The van der Waals surface area contributed by atoms with Crippen molar-refractivity contribution in [2.24, 2.45) is 5.73 Å². The molecule has 38 heavy (non-hydrogen) atoms. The molecule has 0 fully saturated rings. The van der Waals surface area contributed by atoms with E-state index in [0.717, 1.165) is 44.4 Å². The van der Waals surface area contributed by atoms with Gasteiger partial charge in [0.25, 0.3) is 0 Å². The van der Waals surface area contributed by atoms with Crippen LogP contribution < -0.4 is 21.1 Å². The summed E-state index contributed by atoms with van der Waals surface area (Å²) in [6.45, 7) is 0.813. The second-order valence-electron chi connectivity index (χ2n) is 8.45. The molecule has 0 saturated carbocycles. The average Bonchev–Trinajstić information content (AvgIpc) is 3.42. The van der Waals surface area contributed by atoms with Crippen LogP contribution in [0.15, 0.2) is 84.5 Å². The van der Waals surface area contributed by atoms with Crippen LogP contribution in [0.3, 0.4) is 0 Å². The van der Waals surface area contributed by atoms with Gasteiger partial charge in [-0.2, -0.15) is 0 Å². The predicted molar refractivity (Wildman–Crippen MR) is 151 cm³/mol. The number of anilines is 2. The number of ether oxygens (including phenoxy) is 1. The van der Waals surface area contributed by atoms with Gasteiger partial charge in [-0.25, -0.2) is 23.4 Å². The Hall–Kier alpha value is -3.90. The molecule has 0 radical (unpaired) electrons. The Morgan fingerprint density at radius 3 is 2.53 bits per heavy atom. The number of aromatic nitrogens is 3. The number of thiazole rings is 1. The maximum absolute atomic E-state index is 11.5. The summed E-state index contributed by atoms with van der Waals surface area (Å²) in [7, 11) is -3.20. The number of nitrogens with two attached hydrogens (primary N) is 1. The van der Waals surface area contributed by atoms with Crippen LogP contribution in [-0.4, -0.2) is 41.5 Å². The second kappa shape index (κ2) is 11.7. The van der Waals surface area contributed by atoms with Crippen molar-refractivity contribution in [2.75, 3.05) is 23.5 Å². The summed E-state index contributed by atoms with van der Waals surface area (Å²) < 4.78 is 28.9. The van der Waals surface area contributed by atoms with Crippen molar-refractivity contribution in [2.45, 2.75) is 6.54 Å². The van der Waals surface area contributed by atoms with Gasteiger partial charge >= 0.3 is 0 Å². The van der Waals surface area contributed by atoms with Crippen LogP contribution in [0.1, 0.15) is 5.69 Å². The SMILES string of the molecule is NCS(=O)(=O)CCNCc1csc(-c2ccc3c(Nc4ccc(Oc5ccccc5)cc4)ncnc3c2)n1. The predicted octanol–water partition coefficient (Wildman–Crippen LogP) is 4.71. The highest BCUT2D eigenvalue weighted by Gasteiger charge is 2.11. The van der Waals surface area contributed by atoms with Crippen LogP contribution >= 0.6 is 11.3 Å². The monoisotopic (exact) mass is 546 g/mol. The number of sulfone groups is 1. The van der Waals surface area contributed by atoms with Gasteiger partial charge in [-0.1, -0.05) is 24.3 Å². The summed E-state index contributed by atoms with van der Waals surface area (Å²) in [5.41, 5.74) is 8.71. The van der Waals surface area contributed by atoms with Crippen molar-refractivity contribution in [3.63, 3.8) is 0 Å². The fourth-order valence-electron chi connectivity index (χ4n) is 3.71. The highest BCUT2D eigenvalue weighted by Crippen LogP contribution is 2.30. The third-order valence-corrected chi connectivity index (χ3v) is 7.96. The van der Waals surface area contributed by atoms with Gasteiger partial charge in [0.05, 0.1) is 22.8 Å². The number of rotatable bonds is 11. The first-order chi connectivity index (χ1) is 18.5. The van der Waals surface area contributed by atoms with Crippen molar-refractivity contribution < 1.29 is 13.2 Å². The summed E-state index contributed by atoms with van der Waals surface area (Å²) in [6, 6.07) is 23.3. The molecule has 0 amide bonds. The van der Waals surface area contributed by atoms with E-state index in [1.165, 1.54) is 17.7 Å². The number of hydrogen-bond acceptors (Lipinski definition) is 10. The van der Waals surface area contributed by atoms with E-state index in [2.05, 4.69) is 25.6 Å². The molecule has 4 N–H and O–H groups in total. The van der Waals surface area contributed by atoms with Crippen LogP contribution in [0, 0.1) is 0 Å². The van der Waals surface area contributed by atoms with E-state index in [-0.39, 0.29) is 11.6 Å². The average molecular weight is 547 g/mol. The molecule has 0 aliphatic heterocycles. The first kappa shape index (κ1) is 25.7. The molecule has 0 bridgehead atoms. The lowest BCUT2D eigenvalue weighted by Crippen LogP contribution is -2.26. The molecule has 0 aliphatic rings. The number of nitrogens with zero attached hydrogens (tertiary/aromatic N) is 3. The fourth-order valence-corrected chi connectivity index (χ4v) is 5.14. The minimum atomic E-state index is -3.20. The van der Waals surface area contributed by atoms with Crippen LogP contribution in [0.4, 0.5) is 11.5 Å². The van der Waals surface area contributed by atoms with Crippen molar-refractivity contribution >= 4 is 43.6 Å². The van der Waals surface area contributed by atoms with Gasteiger partial charge in [0.2, 0.25) is 0 Å². The van der Waals surface area contributed by atoms with Crippen molar-refractivity contribution in [1.29, 1.82) is 0 Å². The summed E-state index contributed by atoms with van der Waals surface area (Å²) in [4.78, 5) is 13.6. The lowest BCUT2D eigenvalue weighted by molar-refractivity contribution is 0.483. The minimum absolute atomic E-state index is 0.00680. The summed E-state index contributed by atoms with van der Waals surface area (Å²) in [5.74, 6) is 1.90. The molecule has 0 unspecified atom stereocenters. The van der Waals surface area contributed by atoms with Gasteiger partial charge in [-0.05, 0) is 48.5 Å². The fraction of sp³-hybridized carbons (Fsp3) is 0.148. The summed E-state index contributed by atoms with van der Waals surface area (Å²) >= 11 is 1.53. The second-order valence-corrected chi connectivity index (χ2v) is 11.5. The largest absolute Gasteiger partial charge is 0.457 e.